The summed E-state index contributed by atoms with van der Waals surface area (Å²) in [6.07, 6.45) is 0. The van der Waals surface area contributed by atoms with Crippen molar-refractivity contribution in [3.05, 3.63) is 87.0 Å². The molecule has 0 atom stereocenters. The Hall–Kier alpha value is -4.20. The zero-order valence-electron chi connectivity index (χ0n) is 14.2. The molecule has 0 unspecified atom stereocenters. The summed E-state index contributed by atoms with van der Waals surface area (Å²) in [4.78, 5) is 36.2. The molecule has 0 amide bonds. The number of phenols is 2. The zero-order valence-corrected chi connectivity index (χ0v) is 14.2. The number of fused-ring (bicyclic) bond motifs is 2. The first kappa shape index (κ1) is 17.2. The standard InChI is InChI=1S/C20H12N2O6/c23-15-9-8-14(17(20(15)26)22(27)28)21-13-7-3-6-12-16(13)19(25)11-5-2-1-4-10(11)18(12)24/h1-9,21,23,26H. The van der Waals surface area contributed by atoms with Gasteiger partial charge in [-0.15, -0.1) is 0 Å². The molecule has 0 aliphatic heterocycles. The van der Waals surface area contributed by atoms with Gasteiger partial charge in [0.1, 0.15) is 5.69 Å². The molecule has 0 saturated carbocycles. The number of hydrogen-bond donors (Lipinski definition) is 3. The largest absolute Gasteiger partial charge is 0.504 e. The van der Waals surface area contributed by atoms with Gasteiger partial charge in [-0.2, -0.15) is 0 Å². The number of nitro groups is 1. The molecule has 0 radical (unpaired) electrons. The van der Waals surface area contributed by atoms with E-state index in [1.807, 2.05) is 0 Å². The monoisotopic (exact) mass is 376 g/mol. The second kappa shape index (κ2) is 6.20. The highest BCUT2D eigenvalue weighted by Gasteiger charge is 2.32. The number of nitrogens with zero attached hydrogens (tertiary/aromatic N) is 1. The summed E-state index contributed by atoms with van der Waals surface area (Å²) in [6, 6.07) is 13.3. The lowest BCUT2D eigenvalue weighted by atomic mass is 9.83. The van der Waals surface area contributed by atoms with Crippen LogP contribution in [0.3, 0.4) is 0 Å². The summed E-state index contributed by atoms with van der Waals surface area (Å²) in [5.41, 5.74) is 0.120. The Morgan fingerprint density at radius 3 is 2.11 bits per heavy atom. The van der Waals surface area contributed by atoms with E-state index in [1.54, 1.807) is 30.3 Å². The number of carbonyl (C=O) groups excluding carboxylic acids is 2. The Bertz CT molecular complexity index is 1190. The van der Waals surface area contributed by atoms with Crippen LogP contribution in [0.2, 0.25) is 0 Å². The fraction of sp³-hybridized carbons (Fsp3) is 0. The average molecular weight is 376 g/mol. The van der Waals surface area contributed by atoms with Gasteiger partial charge in [0.05, 0.1) is 16.2 Å². The van der Waals surface area contributed by atoms with Crippen molar-refractivity contribution in [3.63, 3.8) is 0 Å². The molecule has 1 aliphatic carbocycles. The molecule has 0 aromatic heterocycles. The smallest absolute Gasteiger partial charge is 0.337 e. The number of carbonyl (C=O) groups is 2. The maximum Gasteiger partial charge on any atom is 0.337 e. The number of aromatic hydroxyl groups is 2. The van der Waals surface area contributed by atoms with Gasteiger partial charge in [0.25, 0.3) is 0 Å². The number of phenolic OH excluding ortho intramolecular Hbond substituents is 2. The average Bonchev–Trinajstić information content (AvgIpc) is 2.68. The van der Waals surface area contributed by atoms with Crippen LogP contribution in [0.4, 0.5) is 17.1 Å². The minimum absolute atomic E-state index is 0.0908. The molecule has 0 bridgehead atoms. The first-order valence-corrected chi connectivity index (χ1v) is 8.18. The number of nitrogens with one attached hydrogen (secondary N) is 1. The van der Waals surface area contributed by atoms with Gasteiger partial charge in [0.15, 0.2) is 17.3 Å². The molecule has 0 fully saturated rings. The lowest BCUT2D eigenvalue weighted by molar-refractivity contribution is -0.385. The van der Waals surface area contributed by atoms with Crippen LogP contribution in [0.1, 0.15) is 31.8 Å². The number of anilines is 2. The number of rotatable bonds is 3. The van der Waals surface area contributed by atoms with E-state index >= 15 is 0 Å². The van der Waals surface area contributed by atoms with Crippen molar-refractivity contribution in [2.75, 3.05) is 5.32 Å². The molecule has 3 aromatic carbocycles. The predicted octanol–water partition coefficient (Wildman–Crippen LogP) is 3.53. The third-order valence-corrected chi connectivity index (χ3v) is 4.53. The van der Waals surface area contributed by atoms with E-state index in [2.05, 4.69) is 5.32 Å². The third-order valence-electron chi connectivity index (χ3n) is 4.53. The van der Waals surface area contributed by atoms with Crippen LogP contribution in [0.15, 0.2) is 54.6 Å². The molecule has 3 aromatic rings. The van der Waals surface area contributed by atoms with Gasteiger partial charge in [-0.1, -0.05) is 36.4 Å². The summed E-state index contributed by atoms with van der Waals surface area (Å²) in [6.45, 7) is 0. The molecular formula is C20H12N2O6. The summed E-state index contributed by atoms with van der Waals surface area (Å²) in [5.74, 6) is -2.25. The van der Waals surface area contributed by atoms with E-state index in [4.69, 9.17) is 0 Å². The number of benzene rings is 3. The van der Waals surface area contributed by atoms with Crippen LogP contribution in [0, 0.1) is 10.1 Å². The Labute approximate surface area is 157 Å². The molecule has 0 heterocycles. The van der Waals surface area contributed by atoms with Gasteiger partial charge in [0, 0.05) is 16.7 Å². The molecule has 1 aliphatic rings. The van der Waals surface area contributed by atoms with Gasteiger partial charge in [-0.3, -0.25) is 19.7 Å². The zero-order chi connectivity index (χ0) is 20.0. The molecule has 0 saturated heterocycles. The summed E-state index contributed by atoms with van der Waals surface area (Å²) in [7, 11) is 0. The van der Waals surface area contributed by atoms with Crippen LogP contribution in [0.5, 0.6) is 11.5 Å². The lowest BCUT2D eigenvalue weighted by Gasteiger charge is -2.20. The fourth-order valence-electron chi connectivity index (χ4n) is 3.25. The summed E-state index contributed by atoms with van der Waals surface area (Å²) in [5, 5.41) is 33.4. The predicted molar refractivity (Wildman–Crippen MR) is 99.5 cm³/mol. The van der Waals surface area contributed by atoms with Crippen LogP contribution in [0.25, 0.3) is 0 Å². The fourth-order valence-corrected chi connectivity index (χ4v) is 3.25. The van der Waals surface area contributed by atoms with Crippen LogP contribution >= 0.6 is 0 Å². The third kappa shape index (κ3) is 2.47. The Balaban J connectivity index is 1.88. The molecular weight excluding hydrogens is 364 g/mol. The van der Waals surface area contributed by atoms with Gasteiger partial charge in [-0.25, -0.2) is 0 Å². The van der Waals surface area contributed by atoms with E-state index in [0.29, 0.717) is 5.56 Å². The summed E-state index contributed by atoms with van der Waals surface area (Å²) >= 11 is 0. The molecule has 3 N–H and O–H groups in total. The van der Waals surface area contributed by atoms with E-state index < -0.39 is 22.1 Å². The van der Waals surface area contributed by atoms with Crippen molar-refractivity contribution in [2.24, 2.45) is 0 Å². The first-order chi connectivity index (χ1) is 13.4. The van der Waals surface area contributed by atoms with Crippen molar-refractivity contribution >= 4 is 28.6 Å². The van der Waals surface area contributed by atoms with Crippen LogP contribution < -0.4 is 5.32 Å². The molecule has 8 nitrogen and oxygen atoms in total. The first-order valence-electron chi connectivity index (χ1n) is 8.18. The second-order valence-electron chi connectivity index (χ2n) is 6.14. The lowest BCUT2D eigenvalue weighted by Crippen LogP contribution is -2.22. The van der Waals surface area contributed by atoms with Gasteiger partial charge in [-0.05, 0) is 18.2 Å². The summed E-state index contributed by atoms with van der Waals surface area (Å²) < 4.78 is 0. The Morgan fingerprint density at radius 1 is 0.786 bits per heavy atom. The molecule has 138 valence electrons. The van der Waals surface area contributed by atoms with Crippen molar-refractivity contribution in [1.82, 2.24) is 0 Å². The SMILES string of the molecule is O=C1c2ccccc2C(=O)c2c(Nc3ccc(O)c(O)c3[N+](=O)[O-])cccc21. The molecule has 4 rings (SSSR count). The number of ketones is 2. The van der Waals surface area contributed by atoms with Crippen LogP contribution in [-0.4, -0.2) is 26.7 Å². The minimum atomic E-state index is -0.896. The normalized spacial score (nSPS) is 12.3. The molecule has 0 spiro atoms. The topological polar surface area (TPSA) is 130 Å². The van der Waals surface area contributed by atoms with Gasteiger partial charge >= 0.3 is 5.69 Å². The van der Waals surface area contributed by atoms with E-state index in [9.17, 15) is 29.9 Å². The van der Waals surface area contributed by atoms with Gasteiger partial charge < -0.3 is 15.5 Å². The van der Waals surface area contributed by atoms with Crippen LogP contribution in [-0.2, 0) is 0 Å². The number of hydrogen-bond acceptors (Lipinski definition) is 7. The van der Waals surface area contributed by atoms with E-state index in [1.165, 1.54) is 18.2 Å². The Morgan fingerprint density at radius 2 is 1.43 bits per heavy atom. The van der Waals surface area contributed by atoms with E-state index in [-0.39, 0.29) is 39.6 Å². The maximum atomic E-state index is 13.0. The maximum absolute atomic E-state index is 13.0. The second-order valence-corrected chi connectivity index (χ2v) is 6.14. The van der Waals surface area contributed by atoms with Crippen molar-refractivity contribution in [2.45, 2.75) is 0 Å². The molecule has 8 heteroatoms. The minimum Gasteiger partial charge on any atom is -0.504 e. The molecule has 28 heavy (non-hydrogen) atoms. The number of nitro benzene ring substituents is 1. The van der Waals surface area contributed by atoms with E-state index in [0.717, 1.165) is 6.07 Å². The van der Waals surface area contributed by atoms with Gasteiger partial charge in [0.2, 0.25) is 5.75 Å². The highest BCUT2D eigenvalue weighted by Crippen LogP contribution is 2.43. The van der Waals surface area contributed by atoms with Crippen molar-refractivity contribution in [1.29, 1.82) is 0 Å². The van der Waals surface area contributed by atoms with Crippen molar-refractivity contribution < 1.29 is 24.7 Å². The highest BCUT2D eigenvalue weighted by atomic mass is 16.6. The Kier molecular flexibility index (Phi) is 3.82. The van der Waals surface area contributed by atoms with Crippen molar-refractivity contribution in [3.8, 4) is 11.5 Å². The highest BCUT2D eigenvalue weighted by molar-refractivity contribution is 6.30. The quantitative estimate of drug-likeness (QED) is 0.216.